The summed E-state index contributed by atoms with van der Waals surface area (Å²) in [7, 11) is 0. The van der Waals surface area contributed by atoms with E-state index in [9.17, 15) is 0 Å². The Bertz CT molecular complexity index is 227. The van der Waals surface area contributed by atoms with E-state index in [1.165, 1.54) is 32.2 Å². The molecular weight excluding hydrogens is 224 g/mol. The summed E-state index contributed by atoms with van der Waals surface area (Å²) >= 11 is 0. The number of ether oxygens (including phenoxy) is 1. The second-order valence-corrected chi connectivity index (χ2v) is 6.21. The van der Waals surface area contributed by atoms with Gasteiger partial charge < -0.3 is 10.1 Å². The van der Waals surface area contributed by atoms with E-state index in [2.05, 4.69) is 24.1 Å². The molecule has 2 fully saturated rings. The molecule has 1 N–H and O–H groups in total. The quantitative estimate of drug-likeness (QED) is 0.813. The van der Waals surface area contributed by atoms with E-state index in [4.69, 9.17) is 4.74 Å². The number of hydrogen-bond acceptors (Lipinski definition) is 3. The molecular formula is C15H30N2O. The molecule has 0 aromatic carbocycles. The third-order valence-corrected chi connectivity index (χ3v) is 4.61. The maximum Gasteiger partial charge on any atom is 0.0594 e. The highest BCUT2D eigenvalue weighted by Gasteiger charge is 2.26. The van der Waals surface area contributed by atoms with Crippen LogP contribution in [0.15, 0.2) is 0 Å². The van der Waals surface area contributed by atoms with Crippen LogP contribution in [0.2, 0.25) is 0 Å². The van der Waals surface area contributed by atoms with Gasteiger partial charge in [0.25, 0.3) is 0 Å². The highest BCUT2D eigenvalue weighted by atomic mass is 16.5. The molecule has 0 amide bonds. The average Bonchev–Trinajstić information content (AvgIpc) is 2.40. The summed E-state index contributed by atoms with van der Waals surface area (Å²) in [6.07, 6.45) is 5.65. The molecule has 0 bridgehead atoms. The van der Waals surface area contributed by atoms with Crippen molar-refractivity contribution in [3.05, 3.63) is 0 Å². The zero-order valence-electron chi connectivity index (χ0n) is 12.2. The number of rotatable bonds is 5. The van der Waals surface area contributed by atoms with E-state index >= 15 is 0 Å². The minimum atomic E-state index is 0.764. The molecule has 2 aliphatic rings. The minimum absolute atomic E-state index is 0.764. The third-order valence-electron chi connectivity index (χ3n) is 4.61. The van der Waals surface area contributed by atoms with Crippen LogP contribution in [0.1, 0.15) is 39.5 Å². The van der Waals surface area contributed by atoms with Crippen molar-refractivity contribution in [2.75, 3.05) is 39.4 Å². The van der Waals surface area contributed by atoms with Gasteiger partial charge in [-0.2, -0.15) is 0 Å². The van der Waals surface area contributed by atoms with Crippen molar-refractivity contribution in [3.63, 3.8) is 0 Å². The number of hydrogen-bond donors (Lipinski definition) is 1. The first kappa shape index (κ1) is 14.3. The largest absolute Gasteiger partial charge is 0.379 e. The standard InChI is InChI=1S/C15H30N2O/c1-13(2)14-5-3-4-6-15(14)16-7-8-17-9-11-18-12-10-17/h13-16H,3-12H2,1-2H3/t14-,15-/m0/s1. The van der Waals surface area contributed by atoms with Crippen LogP contribution in [0.25, 0.3) is 0 Å². The van der Waals surface area contributed by atoms with Crippen LogP contribution >= 0.6 is 0 Å². The lowest BCUT2D eigenvalue weighted by Crippen LogP contribution is -2.46. The van der Waals surface area contributed by atoms with E-state index in [0.717, 1.165) is 50.7 Å². The van der Waals surface area contributed by atoms with Crippen molar-refractivity contribution >= 4 is 0 Å². The lowest BCUT2D eigenvalue weighted by atomic mass is 9.78. The molecule has 1 aliphatic carbocycles. The second-order valence-electron chi connectivity index (χ2n) is 6.21. The Morgan fingerprint density at radius 3 is 2.61 bits per heavy atom. The predicted molar refractivity (Wildman–Crippen MR) is 75.8 cm³/mol. The summed E-state index contributed by atoms with van der Waals surface area (Å²) in [4.78, 5) is 2.52. The van der Waals surface area contributed by atoms with E-state index in [-0.39, 0.29) is 0 Å². The predicted octanol–water partition coefficient (Wildman–Crippen LogP) is 2.12. The van der Waals surface area contributed by atoms with Crippen molar-refractivity contribution in [1.82, 2.24) is 10.2 Å². The molecule has 0 radical (unpaired) electrons. The molecule has 18 heavy (non-hydrogen) atoms. The van der Waals surface area contributed by atoms with Crippen LogP contribution in [0, 0.1) is 11.8 Å². The van der Waals surface area contributed by atoms with Crippen molar-refractivity contribution in [3.8, 4) is 0 Å². The Hall–Kier alpha value is -0.120. The first-order valence-corrected chi connectivity index (χ1v) is 7.81. The van der Waals surface area contributed by atoms with Gasteiger partial charge in [-0.1, -0.05) is 26.7 Å². The Morgan fingerprint density at radius 1 is 1.17 bits per heavy atom. The first-order valence-electron chi connectivity index (χ1n) is 7.81. The smallest absolute Gasteiger partial charge is 0.0594 e. The summed E-state index contributed by atoms with van der Waals surface area (Å²) in [5.74, 6) is 1.72. The molecule has 3 heteroatoms. The second kappa shape index (κ2) is 7.46. The molecule has 2 rings (SSSR count). The van der Waals surface area contributed by atoms with E-state index in [1.54, 1.807) is 0 Å². The summed E-state index contributed by atoms with van der Waals surface area (Å²) < 4.78 is 5.38. The fraction of sp³-hybridized carbons (Fsp3) is 1.00. The van der Waals surface area contributed by atoms with Crippen LogP contribution < -0.4 is 5.32 Å². The maximum atomic E-state index is 5.38. The van der Waals surface area contributed by atoms with Gasteiger partial charge in [-0.05, 0) is 24.7 Å². The molecule has 106 valence electrons. The first-order chi connectivity index (χ1) is 8.77. The van der Waals surface area contributed by atoms with Crippen LogP contribution in [-0.4, -0.2) is 50.3 Å². The molecule has 1 aliphatic heterocycles. The van der Waals surface area contributed by atoms with Crippen LogP contribution in [0.4, 0.5) is 0 Å². The molecule has 0 aromatic heterocycles. The van der Waals surface area contributed by atoms with Crippen LogP contribution in [0.3, 0.4) is 0 Å². The van der Waals surface area contributed by atoms with Gasteiger partial charge >= 0.3 is 0 Å². The van der Waals surface area contributed by atoms with E-state index in [0.29, 0.717) is 0 Å². The lowest BCUT2D eigenvalue weighted by Gasteiger charge is -2.36. The SMILES string of the molecule is CC(C)[C@@H]1CCCC[C@@H]1NCCN1CCOCC1. The maximum absolute atomic E-state index is 5.38. The van der Waals surface area contributed by atoms with Crippen molar-refractivity contribution < 1.29 is 4.74 Å². The molecule has 2 atom stereocenters. The summed E-state index contributed by atoms with van der Waals surface area (Å²) in [5.41, 5.74) is 0. The van der Waals surface area contributed by atoms with E-state index in [1.807, 2.05) is 0 Å². The monoisotopic (exact) mass is 254 g/mol. The number of morpholine rings is 1. The molecule has 0 unspecified atom stereocenters. The number of nitrogens with one attached hydrogen (secondary N) is 1. The molecule has 0 aromatic rings. The Balaban J connectivity index is 1.67. The van der Waals surface area contributed by atoms with Gasteiger partial charge in [-0.15, -0.1) is 0 Å². The molecule has 1 saturated carbocycles. The minimum Gasteiger partial charge on any atom is -0.379 e. The Morgan fingerprint density at radius 2 is 1.89 bits per heavy atom. The highest BCUT2D eigenvalue weighted by Crippen LogP contribution is 2.29. The average molecular weight is 254 g/mol. The third kappa shape index (κ3) is 4.22. The van der Waals surface area contributed by atoms with Gasteiger partial charge in [-0.25, -0.2) is 0 Å². The van der Waals surface area contributed by atoms with Gasteiger partial charge in [0.1, 0.15) is 0 Å². The molecule has 3 nitrogen and oxygen atoms in total. The summed E-state index contributed by atoms with van der Waals surface area (Å²) in [5, 5.41) is 3.82. The zero-order chi connectivity index (χ0) is 12.8. The lowest BCUT2D eigenvalue weighted by molar-refractivity contribution is 0.0374. The van der Waals surface area contributed by atoms with E-state index < -0.39 is 0 Å². The fourth-order valence-corrected chi connectivity index (χ4v) is 3.44. The normalized spacial score (nSPS) is 30.8. The summed E-state index contributed by atoms with van der Waals surface area (Å²) in [6, 6.07) is 0.764. The van der Waals surface area contributed by atoms with Gasteiger partial charge in [0.2, 0.25) is 0 Å². The topological polar surface area (TPSA) is 24.5 Å². The molecule has 1 heterocycles. The molecule has 1 saturated heterocycles. The van der Waals surface area contributed by atoms with Crippen LogP contribution in [0.5, 0.6) is 0 Å². The van der Waals surface area contributed by atoms with Gasteiger partial charge in [0.05, 0.1) is 13.2 Å². The summed E-state index contributed by atoms with van der Waals surface area (Å²) in [6.45, 7) is 11.1. The van der Waals surface area contributed by atoms with Crippen LogP contribution in [-0.2, 0) is 4.74 Å². The fourth-order valence-electron chi connectivity index (χ4n) is 3.44. The van der Waals surface area contributed by atoms with Crippen molar-refractivity contribution in [1.29, 1.82) is 0 Å². The number of nitrogens with zero attached hydrogens (tertiary/aromatic N) is 1. The van der Waals surface area contributed by atoms with Gasteiger partial charge in [0.15, 0.2) is 0 Å². The Labute approximate surface area is 112 Å². The van der Waals surface area contributed by atoms with Crippen molar-refractivity contribution in [2.45, 2.75) is 45.6 Å². The highest BCUT2D eigenvalue weighted by molar-refractivity contribution is 4.83. The zero-order valence-corrected chi connectivity index (χ0v) is 12.2. The Kier molecular flexibility index (Phi) is 5.93. The van der Waals surface area contributed by atoms with Gasteiger partial charge in [-0.3, -0.25) is 4.90 Å². The molecule has 0 spiro atoms. The van der Waals surface area contributed by atoms with Crippen molar-refractivity contribution in [2.24, 2.45) is 11.8 Å². The van der Waals surface area contributed by atoms with Gasteiger partial charge in [0, 0.05) is 32.2 Å².